The Labute approximate surface area is 125 Å². The minimum Gasteiger partial charge on any atom is -0.467 e. The zero-order valence-electron chi connectivity index (χ0n) is 10.9. The normalized spacial score (nSPS) is 10.5. The van der Waals surface area contributed by atoms with Gasteiger partial charge in [-0.05, 0) is 18.2 Å². The molecule has 0 fully saturated rings. The van der Waals surface area contributed by atoms with Crippen molar-refractivity contribution in [2.45, 2.75) is 6.54 Å². The van der Waals surface area contributed by atoms with Gasteiger partial charge < -0.3 is 9.73 Å². The zero-order chi connectivity index (χ0) is 15.1. The summed E-state index contributed by atoms with van der Waals surface area (Å²) in [6.45, 7) is 0.132. The summed E-state index contributed by atoms with van der Waals surface area (Å²) in [6, 6.07) is 10.4. The first kappa shape index (κ1) is 14.8. The summed E-state index contributed by atoms with van der Waals surface area (Å²) in [5.41, 5.74) is 2.75. The van der Waals surface area contributed by atoms with E-state index in [1.54, 1.807) is 36.4 Å². The predicted octanol–water partition coefficient (Wildman–Crippen LogP) is 1.70. The summed E-state index contributed by atoms with van der Waals surface area (Å²) in [4.78, 5) is 23.0. The van der Waals surface area contributed by atoms with Crippen LogP contribution in [0.25, 0.3) is 0 Å². The topological polar surface area (TPSA) is 83.7 Å². The summed E-state index contributed by atoms with van der Waals surface area (Å²) < 4.78 is 5.03. The van der Waals surface area contributed by atoms with Gasteiger partial charge in [0.05, 0.1) is 19.0 Å². The molecule has 0 bridgehead atoms. The van der Waals surface area contributed by atoms with E-state index in [4.69, 9.17) is 16.0 Å². The van der Waals surface area contributed by atoms with Crippen LogP contribution in [0.2, 0.25) is 5.02 Å². The maximum atomic E-state index is 11.5. The first-order valence-electron chi connectivity index (χ1n) is 6.05. The molecule has 2 N–H and O–H groups in total. The van der Waals surface area contributed by atoms with Crippen molar-refractivity contribution < 1.29 is 14.0 Å². The van der Waals surface area contributed by atoms with Gasteiger partial charge in [0, 0.05) is 10.6 Å². The Morgan fingerprint density at radius 1 is 1.19 bits per heavy atom. The number of furan rings is 1. The van der Waals surface area contributed by atoms with Crippen LogP contribution in [0.3, 0.4) is 0 Å². The summed E-state index contributed by atoms with van der Waals surface area (Å²) in [5.74, 6) is -1.12. The summed E-state index contributed by atoms with van der Waals surface area (Å²) >= 11 is 5.92. The van der Waals surface area contributed by atoms with Crippen molar-refractivity contribution in [2.75, 3.05) is 0 Å². The van der Waals surface area contributed by atoms with E-state index in [0.29, 0.717) is 16.3 Å². The second-order valence-corrected chi connectivity index (χ2v) is 4.39. The highest BCUT2D eigenvalue weighted by molar-refractivity contribution is 6.35. The molecule has 0 spiro atoms. The van der Waals surface area contributed by atoms with Crippen molar-refractivity contribution in [1.82, 2.24) is 10.7 Å². The van der Waals surface area contributed by atoms with Crippen molar-refractivity contribution in [3.8, 4) is 0 Å². The van der Waals surface area contributed by atoms with Gasteiger partial charge in [0.1, 0.15) is 5.76 Å². The second-order valence-electron chi connectivity index (χ2n) is 3.98. The number of benzene rings is 1. The largest absolute Gasteiger partial charge is 0.467 e. The van der Waals surface area contributed by atoms with E-state index in [1.807, 2.05) is 0 Å². The van der Waals surface area contributed by atoms with E-state index in [-0.39, 0.29) is 6.54 Å². The van der Waals surface area contributed by atoms with E-state index < -0.39 is 11.8 Å². The van der Waals surface area contributed by atoms with Crippen molar-refractivity contribution in [3.63, 3.8) is 0 Å². The number of hydrogen-bond acceptors (Lipinski definition) is 4. The molecule has 1 heterocycles. The van der Waals surface area contributed by atoms with E-state index in [2.05, 4.69) is 15.8 Å². The molecule has 0 unspecified atom stereocenters. The SMILES string of the molecule is O=C(NCc1ccco1)C(=O)N/N=C/c1ccccc1Cl. The fourth-order valence-electron chi connectivity index (χ4n) is 1.45. The molecule has 1 aromatic heterocycles. The summed E-state index contributed by atoms with van der Waals surface area (Å²) in [6.07, 6.45) is 2.84. The number of nitrogens with zero attached hydrogens (tertiary/aromatic N) is 1. The number of nitrogens with one attached hydrogen (secondary N) is 2. The molecule has 0 saturated carbocycles. The predicted molar refractivity (Wildman–Crippen MR) is 77.7 cm³/mol. The Balaban J connectivity index is 1.81. The Hall–Kier alpha value is -2.60. The van der Waals surface area contributed by atoms with Crippen LogP contribution in [0, 0.1) is 0 Å². The quantitative estimate of drug-likeness (QED) is 0.512. The fraction of sp³-hybridized carbons (Fsp3) is 0.0714. The van der Waals surface area contributed by atoms with E-state index in [1.165, 1.54) is 12.5 Å². The molecular formula is C14H12ClN3O3. The van der Waals surface area contributed by atoms with Crippen LogP contribution in [0.4, 0.5) is 0 Å². The molecule has 0 atom stereocenters. The van der Waals surface area contributed by atoms with Crippen LogP contribution in [-0.2, 0) is 16.1 Å². The Morgan fingerprint density at radius 2 is 2.00 bits per heavy atom. The molecule has 0 saturated heterocycles. The standard InChI is InChI=1S/C14H12ClN3O3/c15-12-6-2-1-4-10(12)8-17-18-14(20)13(19)16-9-11-5-3-7-21-11/h1-8H,9H2,(H,16,19)(H,18,20)/b17-8+. The molecule has 0 radical (unpaired) electrons. The van der Waals surface area contributed by atoms with Gasteiger partial charge in [-0.25, -0.2) is 5.43 Å². The average molecular weight is 306 g/mol. The molecular weight excluding hydrogens is 294 g/mol. The lowest BCUT2D eigenvalue weighted by Gasteiger charge is -2.01. The molecule has 1 aromatic carbocycles. The lowest BCUT2D eigenvalue weighted by atomic mass is 10.2. The van der Waals surface area contributed by atoms with Crippen molar-refractivity contribution in [2.24, 2.45) is 5.10 Å². The molecule has 0 aliphatic rings. The highest BCUT2D eigenvalue weighted by Gasteiger charge is 2.12. The van der Waals surface area contributed by atoms with E-state index in [0.717, 1.165) is 0 Å². The zero-order valence-corrected chi connectivity index (χ0v) is 11.6. The highest BCUT2D eigenvalue weighted by atomic mass is 35.5. The summed E-state index contributed by atoms with van der Waals surface area (Å²) in [5, 5.41) is 6.57. The van der Waals surface area contributed by atoms with Crippen molar-refractivity contribution in [1.29, 1.82) is 0 Å². The molecule has 0 aliphatic carbocycles. The van der Waals surface area contributed by atoms with E-state index >= 15 is 0 Å². The second kappa shape index (κ2) is 7.25. The number of carbonyl (C=O) groups is 2. The molecule has 0 aliphatic heterocycles. The maximum absolute atomic E-state index is 11.5. The minimum absolute atomic E-state index is 0.132. The van der Waals surface area contributed by atoms with Crippen LogP contribution in [0.15, 0.2) is 52.2 Å². The smallest absolute Gasteiger partial charge is 0.329 e. The van der Waals surface area contributed by atoms with Crippen LogP contribution < -0.4 is 10.7 Å². The Bertz CT molecular complexity index is 653. The highest BCUT2D eigenvalue weighted by Crippen LogP contribution is 2.11. The third kappa shape index (κ3) is 4.47. The number of hydrazone groups is 1. The van der Waals surface area contributed by atoms with Gasteiger partial charge in [-0.3, -0.25) is 9.59 Å². The Morgan fingerprint density at radius 3 is 2.71 bits per heavy atom. The van der Waals surface area contributed by atoms with Crippen molar-refractivity contribution >= 4 is 29.6 Å². The van der Waals surface area contributed by atoms with Gasteiger partial charge in [-0.1, -0.05) is 29.8 Å². The average Bonchev–Trinajstić information content (AvgIpc) is 3.00. The van der Waals surface area contributed by atoms with Gasteiger partial charge in [0.2, 0.25) is 0 Å². The number of hydrogen-bond donors (Lipinski definition) is 2. The van der Waals surface area contributed by atoms with Crippen LogP contribution >= 0.6 is 11.6 Å². The number of carbonyl (C=O) groups excluding carboxylic acids is 2. The molecule has 7 heteroatoms. The van der Waals surface area contributed by atoms with E-state index in [9.17, 15) is 9.59 Å². The van der Waals surface area contributed by atoms with Crippen LogP contribution in [0.1, 0.15) is 11.3 Å². The Kier molecular flexibility index (Phi) is 5.11. The van der Waals surface area contributed by atoms with Crippen molar-refractivity contribution in [3.05, 3.63) is 59.0 Å². The van der Waals surface area contributed by atoms with Gasteiger partial charge in [-0.15, -0.1) is 0 Å². The van der Waals surface area contributed by atoms with Crippen LogP contribution in [-0.4, -0.2) is 18.0 Å². The van der Waals surface area contributed by atoms with Gasteiger partial charge in [-0.2, -0.15) is 5.10 Å². The maximum Gasteiger partial charge on any atom is 0.329 e. The molecule has 21 heavy (non-hydrogen) atoms. The lowest BCUT2D eigenvalue weighted by molar-refractivity contribution is -0.139. The molecule has 108 valence electrons. The first-order valence-corrected chi connectivity index (χ1v) is 6.43. The minimum atomic E-state index is -0.871. The monoisotopic (exact) mass is 305 g/mol. The third-order valence-electron chi connectivity index (χ3n) is 2.48. The fourth-order valence-corrected chi connectivity index (χ4v) is 1.64. The summed E-state index contributed by atoms with van der Waals surface area (Å²) in [7, 11) is 0. The van der Waals surface area contributed by atoms with Gasteiger partial charge >= 0.3 is 11.8 Å². The molecule has 2 amide bonds. The number of amides is 2. The third-order valence-corrected chi connectivity index (χ3v) is 2.83. The lowest BCUT2D eigenvalue weighted by Crippen LogP contribution is -2.37. The number of rotatable bonds is 4. The van der Waals surface area contributed by atoms with Gasteiger partial charge in [0.25, 0.3) is 0 Å². The molecule has 2 aromatic rings. The number of halogens is 1. The molecule has 2 rings (SSSR count). The van der Waals surface area contributed by atoms with Crippen LogP contribution in [0.5, 0.6) is 0 Å². The van der Waals surface area contributed by atoms with Gasteiger partial charge in [0.15, 0.2) is 0 Å². The first-order chi connectivity index (χ1) is 10.2. The molecule has 6 nitrogen and oxygen atoms in total.